The van der Waals surface area contributed by atoms with Crippen molar-refractivity contribution in [1.29, 1.82) is 0 Å². The topological polar surface area (TPSA) is 61.7 Å². The minimum absolute atomic E-state index is 0.0815. The van der Waals surface area contributed by atoms with E-state index < -0.39 is 5.91 Å². The smallest absolute Gasteiger partial charge is 0.275 e. The molecule has 0 aliphatic carbocycles. The predicted molar refractivity (Wildman–Crippen MR) is 75.2 cm³/mol. The fourth-order valence-electron chi connectivity index (χ4n) is 1.27. The van der Waals surface area contributed by atoms with E-state index in [1.54, 1.807) is 12.3 Å². The summed E-state index contributed by atoms with van der Waals surface area (Å²) in [4.78, 5) is 12.7. The number of hydrazone groups is 1. The van der Waals surface area contributed by atoms with Crippen LogP contribution in [-0.4, -0.2) is 17.2 Å². The van der Waals surface area contributed by atoms with Gasteiger partial charge in [0.15, 0.2) is 0 Å². The average molecular weight is 325 g/mol. The van der Waals surface area contributed by atoms with E-state index in [2.05, 4.69) is 26.5 Å². The number of rotatable bonds is 3. The molecule has 1 aromatic heterocycles. The van der Waals surface area contributed by atoms with Gasteiger partial charge in [-0.3, -0.25) is 4.79 Å². The maximum Gasteiger partial charge on any atom is 0.275 e. The molecule has 0 saturated carbocycles. The molecule has 0 unspecified atom stereocenters. The summed E-state index contributed by atoms with van der Waals surface area (Å²) >= 11 is 4.75. The molecule has 4 nitrogen and oxygen atoms in total. The van der Waals surface area contributed by atoms with Gasteiger partial charge in [-0.25, -0.2) is 5.43 Å². The van der Waals surface area contributed by atoms with Gasteiger partial charge in [0.1, 0.15) is 5.75 Å². The number of aromatic hydroxyl groups is 1. The Morgan fingerprint density at radius 2 is 2.28 bits per heavy atom. The second-order valence-corrected chi connectivity index (χ2v) is 5.27. The first kappa shape index (κ1) is 12.8. The highest BCUT2D eigenvalue weighted by atomic mass is 79.9. The van der Waals surface area contributed by atoms with Crippen molar-refractivity contribution in [2.24, 2.45) is 5.10 Å². The van der Waals surface area contributed by atoms with Crippen LogP contribution in [0.5, 0.6) is 5.75 Å². The molecule has 0 aliphatic heterocycles. The minimum atomic E-state index is -0.457. The van der Waals surface area contributed by atoms with Crippen molar-refractivity contribution in [3.8, 4) is 5.75 Å². The van der Waals surface area contributed by atoms with Crippen LogP contribution in [0.25, 0.3) is 0 Å². The van der Waals surface area contributed by atoms with E-state index >= 15 is 0 Å². The van der Waals surface area contributed by atoms with Crippen LogP contribution in [0.15, 0.2) is 45.3 Å². The van der Waals surface area contributed by atoms with Gasteiger partial charge < -0.3 is 5.11 Å². The van der Waals surface area contributed by atoms with Crippen LogP contribution in [0.4, 0.5) is 0 Å². The maximum atomic E-state index is 11.7. The van der Waals surface area contributed by atoms with Gasteiger partial charge in [0.25, 0.3) is 5.91 Å². The molecule has 0 saturated heterocycles. The van der Waals surface area contributed by atoms with E-state index in [1.807, 2.05) is 17.5 Å². The number of amides is 1. The molecule has 2 rings (SSSR count). The molecule has 18 heavy (non-hydrogen) atoms. The van der Waals surface area contributed by atoms with E-state index in [1.165, 1.54) is 23.5 Å². The molecule has 2 N–H and O–H groups in total. The Bertz CT molecular complexity index is 582. The lowest BCUT2D eigenvalue weighted by molar-refractivity contribution is 0.0952. The maximum absolute atomic E-state index is 11.7. The van der Waals surface area contributed by atoms with Crippen LogP contribution < -0.4 is 5.43 Å². The van der Waals surface area contributed by atoms with Crippen molar-refractivity contribution in [3.63, 3.8) is 0 Å². The number of benzene rings is 1. The first-order valence-corrected chi connectivity index (χ1v) is 6.69. The highest BCUT2D eigenvalue weighted by Gasteiger charge is 2.10. The molecule has 0 spiro atoms. The fraction of sp³-hybridized carbons (Fsp3) is 0. The molecule has 1 amide bonds. The number of phenolic OH excluding ortho intramolecular Hbond substituents is 1. The van der Waals surface area contributed by atoms with Crippen molar-refractivity contribution in [3.05, 3.63) is 50.6 Å². The zero-order valence-corrected chi connectivity index (χ0v) is 11.5. The van der Waals surface area contributed by atoms with Gasteiger partial charge in [-0.05, 0) is 29.6 Å². The summed E-state index contributed by atoms with van der Waals surface area (Å²) in [5.41, 5.74) is 2.54. The SMILES string of the molecule is O=C(N/N=C/c1cccs1)c1cc(Br)ccc1O. The Kier molecular flexibility index (Phi) is 4.11. The molecule has 92 valence electrons. The summed E-state index contributed by atoms with van der Waals surface area (Å²) in [6.07, 6.45) is 1.55. The van der Waals surface area contributed by atoms with E-state index in [0.717, 1.165) is 4.88 Å². The molecule has 1 heterocycles. The number of nitrogens with zero attached hydrogens (tertiary/aromatic N) is 1. The second kappa shape index (κ2) is 5.79. The normalized spacial score (nSPS) is 10.7. The van der Waals surface area contributed by atoms with E-state index in [-0.39, 0.29) is 11.3 Å². The van der Waals surface area contributed by atoms with E-state index in [9.17, 15) is 9.90 Å². The predicted octanol–water partition coefficient (Wildman–Crippen LogP) is 2.98. The van der Waals surface area contributed by atoms with Crippen LogP contribution in [0, 0.1) is 0 Å². The highest BCUT2D eigenvalue weighted by Crippen LogP contribution is 2.21. The van der Waals surface area contributed by atoms with Crippen molar-refractivity contribution < 1.29 is 9.90 Å². The lowest BCUT2D eigenvalue weighted by Gasteiger charge is -2.03. The van der Waals surface area contributed by atoms with Gasteiger partial charge in [0, 0.05) is 9.35 Å². The first-order chi connectivity index (χ1) is 8.66. The van der Waals surface area contributed by atoms with Gasteiger partial charge in [0.05, 0.1) is 11.8 Å². The summed E-state index contributed by atoms with van der Waals surface area (Å²) in [7, 11) is 0. The number of thiophene rings is 1. The summed E-state index contributed by atoms with van der Waals surface area (Å²) in [6.45, 7) is 0. The number of carbonyl (C=O) groups is 1. The largest absolute Gasteiger partial charge is 0.507 e. The van der Waals surface area contributed by atoms with Crippen LogP contribution in [0.1, 0.15) is 15.2 Å². The molecular weight excluding hydrogens is 316 g/mol. The third-order valence-electron chi connectivity index (χ3n) is 2.10. The summed E-state index contributed by atoms with van der Waals surface area (Å²) < 4.78 is 0.715. The Labute approximate surface area is 116 Å². The zero-order valence-electron chi connectivity index (χ0n) is 9.13. The zero-order chi connectivity index (χ0) is 13.0. The molecular formula is C12H9BrN2O2S. The van der Waals surface area contributed by atoms with Crippen molar-refractivity contribution in [2.75, 3.05) is 0 Å². The first-order valence-electron chi connectivity index (χ1n) is 5.02. The molecule has 0 aliphatic rings. The van der Waals surface area contributed by atoms with Crippen molar-refractivity contribution in [1.82, 2.24) is 5.43 Å². The average Bonchev–Trinajstić information content (AvgIpc) is 2.85. The van der Waals surface area contributed by atoms with Crippen LogP contribution >= 0.6 is 27.3 Å². The monoisotopic (exact) mass is 324 g/mol. The lowest BCUT2D eigenvalue weighted by atomic mass is 10.2. The molecule has 6 heteroatoms. The molecule has 0 atom stereocenters. The van der Waals surface area contributed by atoms with E-state index in [0.29, 0.717) is 4.47 Å². The second-order valence-electron chi connectivity index (χ2n) is 3.38. The number of phenols is 1. The molecule has 2 aromatic rings. The Hall–Kier alpha value is -1.66. The van der Waals surface area contributed by atoms with Crippen LogP contribution in [0.2, 0.25) is 0 Å². The molecule has 0 radical (unpaired) electrons. The third kappa shape index (κ3) is 3.18. The van der Waals surface area contributed by atoms with Crippen molar-refractivity contribution in [2.45, 2.75) is 0 Å². The number of halogens is 1. The van der Waals surface area contributed by atoms with Crippen LogP contribution in [0.3, 0.4) is 0 Å². The van der Waals surface area contributed by atoms with Gasteiger partial charge in [-0.2, -0.15) is 5.10 Å². The van der Waals surface area contributed by atoms with E-state index in [4.69, 9.17) is 0 Å². The Morgan fingerprint density at radius 1 is 1.44 bits per heavy atom. The van der Waals surface area contributed by atoms with Gasteiger partial charge in [0.2, 0.25) is 0 Å². The molecule has 1 aromatic carbocycles. The standard InChI is InChI=1S/C12H9BrN2O2S/c13-8-3-4-11(16)10(6-8)12(17)15-14-7-9-2-1-5-18-9/h1-7,16H,(H,15,17)/b14-7+. The minimum Gasteiger partial charge on any atom is -0.507 e. The highest BCUT2D eigenvalue weighted by molar-refractivity contribution is 9.10. The summed E-state index contributed by atoms with van der Waals surface area (Å²) in [5, 5.41) is 15.3. The number of carbonyl (C=O) groups excluding carboxylic acids is 1. The van der Waals surface area contributed by atoms with Crippen LogP contribution in [-0.2, 0) is 0 Å². The number of hydrogen-bond donors (Lipinski definition) is 2. The van der Waals surface area contributed by atoms with Gasteiger partial charge in [-0.15, -0.1) is 11.3 Å². The number of hydrogen-bond acceptors (Lipinski definition) is 4. The Balaban J connectivity index is 2.06. The Morgan fingerprint density at radius 3 is 3.00 bits per heavy atom. The lowest BCUT2D eigenvalue weighted by Crippen LogP contribution is -2.17. The third-order valence-corrected chi connectivity index (χ3v) is 3.40. The quantitative estimate of drug-likeness (QED) is 0.673. The fourth-order valence-corrected chi connectivity index (χ4v) is 2.22. The van der Waals surface area contributed by atoms with Gasteiger partial charge >= 0.3 is 0 Å². The molecule has 0 fully saturated rings. The van der Waals surface area contributed by atoms with Crippen molar-refractivity contribution >= 4 is 39.4 Å². The molecule has 0 bridgehead atoms. The summed E-state index contributed by atoms with van der Waals surface area (Å²) in [5.74, 6) is -0.538. The van der Waals surface area contributed by atoms with Gasteiger partial charge in [-0.1, -0.05) is 22.0 Å². The summed E-state index contributed by atoms with van der Waals surface area (Å²) in [6, 6.07) is 8.42. The number of nitrogens with one attached hydrogen (secondary N) is 1.